The van der Waals surface area contributed by atoms with Gasteiger partial charge in [-0.1, -0.05) is 19.0 Å². The van der Waals surface area contributed by atoms with Crippen molar-refractivity contribution in [3.05, 3.63) is 0 Å². The van der Waals surface area contributed by atoms with Crippen LogP contribution in [0.4, 0.5) is 0 Å². The summed E-state index contributed by atoms with van der Waals surface area (Å²) in [4.78, 5) is 0. The molecule has 0 aliphatic heterocycles. The number of nitrogens with two attached hydrogens (primary N) is 1. The van der Waals surface area contributed by atoms with Gasteiger partial charge in [-0.2, -0.15) is 0 Å². The van der Waals surface area contributed by atoms with Crippen LogP contribution in [0.1, 0.15) is 46.0 Å². The molecule has 0 saturated heterocycles. The van der Waals surface area contributed by atoms with E-state index in [1.807, 2.05) is 0 Å². The first-order valence-electron chi connectivity index (χ1n) is 6.30. The number of nitrogens with zero attached hydrogens (tertiary/aromatic N) is 1. The zero-order valence-electron chi connectivity index (χ0n) is 11.1. The Morgan fingerprint density at radius 1 is 1.29 bits per heavy atom. The highest BCUT2D eigenvalue weighted by Crippen LogP contribution is 2.20. The lowest BCUT2D eigenvalue weighted by molar-refractivity contribution is 0.236. The lowest BCUT2D eigenvalue weighted by atomic mass is 9.88. The Hall–Kier alpha value is -0.810. The summed E-state index contributed by atoms with van der Waals surface area (Å²) in [5.74, 6) is 0.299. The van der Waals surface area contributed by atoms with E-state index in [1.54, 1.807) is 0 Å². The van der Waals surface area contributed by atoms with Crippen molar-refractivity contribution < 1.29 is 10.3 Å². The number of hydrogen-bond donors (Lipinski definition) is 4. The zero-order chi connectivity index (χ0) is 13.1. The van der Waals surface area contributed by atoms with Crippen LogP contribution in [-0.2, 0) is 0 Å². The van der Waals surface area contributed by atoms with E-state index in [9.17, 15) is 0 Å². The summed E-state index contributed by atoms with van der Waals surface area (Å²) in [6, 6.07) is 0. The molecule has 5 N–H and O–H groups in total. The van der Waals surface area contributed by atoms with Gasteiger partial charge in [-0.15, -0.1) is 0 Å². The first kappa shape index (κ1) is 16.2. The molecular formula is C12H27N3O2. The molecule has 0 unspecified atom stereocenters. The quantitative estimate of drug-likeness (QED) is 0.153. The Balaban J connectivity index is 3.44. The fourth-order valence-electron chi connectivity index (χ4n) is 1.68. The first-order valence-corrected chi connectivity index (χ1v) is 6.30. The van der Waals surface area contributed by atoms with E-state index in [-0.39, 0.29) is 12.0 Å². The van der Waals surface area contributed by atoms with Gasteiger partial charge in [0.15, 0.2) is 0 Å². The van der Waals surface area contributed by atoms with E-state index >= 15 is 0 Å². The largest absolute Gasteiger partial charge is 0.409 e. The van der Waals surface area contributed by atoms with Gasteiger partial charge in [0.2, 0.25) is 0 Å². The molecule has 0 aromatic heterocycles. The number of hydrogen-bond acceptors (Lipinski definition) is 4. The maximum absolute atomic E-state index is 8.78. The van der Waals surface area contributed by atoms with E-state index < -0.39 is 0 Å². The van der Waals surface area contributed by atoms with Crippen LogP contribution in [0.5, 0.6) is 0 Å². The molecule has 0 aliphatic carbocycles. The molecule has 0 aromatic carbocycles. The minimum absolute atomic E-state index is 0.230. The SMILES string of the molecule is CC(C)(CCCO)CNCCCCC(N)=NO. The molecule has 0 amide bonds. The highest BCUT2D eigenvalue weighted by Gasteiger charge is 2.16. The lowest BCUT2D eigenvalue weighted by Crippen LogP contribution is -2.30. The standard InChI is InChI=1S/C12H27N3O2/c1-12(2,7-5-9-16)10-14-8-4-3-6-11(13)15-17/h14,16-17H,3-10H2,1-2H3,(H2,13,15). The van der Waals surface area contributed by atoms with Crippen molar-refractivity contribution in [1.29, 1.82) is 0 Å². The second kappa shape index (κ2) is 9.24. The molecule has 0 aliphatic rings. The molecule has 0 spiro atoms. The summed E-state index contributed by atoms with van der Waals surface area (Å²) >= 11 is 0. The third-order valence-electron chi connectivity index (χ3n) is 2.78. The third-order valence-corrected chi connectivity index (χ3v) is 2.78. The number of unbranched alkanes of at least 4 members (excludes halogenated alkanes) is 1. The van der Waals surface area contributed by atoms with Crippen LogP contribution >= 0.6 is 0 Å². The molecule has 0 aromatic rings. The van der Waals surface area contributed by atoms with Gasteiger partial charge in [0.05, 0.1) is 0 Å². The Morgan fingerprint density at radius 3 is 2.59 bits per heavy atom. The van der Waals surface area contributed by atoms with E-state index in [2.05, 4.69) is 24.3 Å². The summed E-state index contributed by atoms with van der Waals surface area (Å²) in [7, 11) is 0. The molecule has 0 heterocycles. The van der Waals surface area contributed by atoms with E-state index in [1.165, 1.54) is 0 Å². The van der Waals surface area contributed by atoms with E-state index in [4.69, 9.17) is 16.0 Å². The summed E-state index contributed by atoms with van der Waals surface area (Å²) in [6.07, 6.45) is 4.48. The molecule has 0 radical (unpaired) electrons. The van der Waals surface area contributed by atoms with Crippen molar-refractivity contribution in [3.63, 3.8) is 0 Å². The predicted molar refractivity (Wildman–Crippen MR) is 70.2 cm³/mol. The van der Waals surface area contributed by atoms with Crippen LogP contribution < -0.4 is 11.1 Å². The smallest absolute Gasteiger partial charge is 0.139 e. The molecule has 5 heteroatoms. The number of aliphatic hydroxyl groups is 1. The number of aliphatic hydroxyl groups excluding tert-OH is 1. The average molecular weight is 245 g/mol. The highest BCUT2D eigenvalue weighted by molar-refractivity contribution is 5.79. The Morgan fingerprint density at radius 2 is 2.00 bits per heavy atom. The molecule has 0 rings (SSSR count). The van der Waals surface area contributed by atoms with Gasteiger partial charge >= 0.3 is 0 Å². The molecule has 0 bridgehead atoms. The average Bonchev–Trinajstić information content (AvgIpc) is 2.30. The zero-order valence-corrected chi connectivity index (χ0v) is 11.1. The summed E-state index contributed by atoms with van der Waals surface area (Å²) in [6.45, 7) is 6.57. The maximum Gasteiger partial charge on any atom is 0.139 e. The minimum atomic E-state index is 0.230. The highest BCUT2D eigenvalue weighted by atomic mass is 16.4. The summed E-state index contributed by atoms with van der Waals surface area (Å²) in [5, 5.41) is 23.5. The Labute approximate surface area is 104 Å². The van der Waals surface area contributed by atoms with Gasteiger partial charge in [0.25, 0.3) is 0 Å². The number of nitrogens with one attached hydrogen (secondary N) is 1. The van der Waals surface area contributed by atoms with Crippen LogP contribution in [0, 0.1) is 5.41 Å². The van der Waals surface area contributed by atoms with Crippen LogP contribution in [0.2, 0.25) is 0 Å². The first-order chi connectivity index (χ1) is 8.02. The van der Waals surface area contributed by atoms with Crippen molar-refractivity contribution >= 4 is 5.84 Å². The molecule has 17 heavy (non-hydrogen) atoms. The predicted octanol–water partition coefficient (Wildman–Crippen LogP) is 1.29. The lowest BCUT2D eigenvalue weighted by Gasteiger charge is -2.24. The van der Waals surface area contributed by atoms with Crippen molar-refractivity contribution in [2.45, 2.75) is 46.0 Å². The fourth-order valence-corrected chi connectivity index (χ4v) is 1.68. The topological polar surface area (TPSA) is 90.9 Å². The molecule has 0 saturated carbocycles. The normalized spacial score (nSPS) is 13.0. The molecule has 0 atom stereocenters. The second-order valence-corrected chi connectivity index (χ2v) is 5.22. The van der Waals surface area contributed by atoms with Crippen LogP contribution in [0.3, 0.4) is 0 Å². The van der Waals surface area contributed by atoms with Crippen molar-refractivity contribution in [2.75, 3.05) is 19.7 Å². The Bertz CT molecular complexity index is 218. The van der Waals surface area contributed by atoms with Crippen LogP contribution in [0.15, 0.2) is 5.16 Å². The van der Waals surface area contributed by atoms with E-state index in [0.29, 0.717) is 12.3 Å². The van der Waals surface area contributed by atoms with Gasteiger partial charge in [0.1, 0.15) is 5.84 Å². The fraction of sp³-hybridized carbons (Fsp3) is 0.917. The molecule has 0 fully saturated rings. The number of amidine groups is 1. The second-order valence-electron chi connectivity index (χ2n) is 5.22. The summed E-state index contributed by atoms with van der Waals surface area (Å²) in [5.41, 5.74) is 5.60. The maximum atomic E-state index is 8.78. The van der Waals surface area contributed by atoms with Gasteiger partial charge in [-0.3, -0.25) is 0 Å². The monoisotopic (exact) mass is 245 g/mol. The van der Waals surface area contributed by atoms with Gasteiger partial charge in [-0.25, -0.2) is 0 Å². The molecular weight excluding hydrogens is 218 g/mol. The van der Waals surface area contributed by atoms with Crippen LogP contribution in [0.25, 0.3) is 0 Å². The van der Waals surface area contributed by atoms with Crippen LogP contribution in [-0.4, -0.2) is 35.8 Å². The minimum Gasteiger partial charge on any atom is -0.409 e. The van der Waals surface area contributed by atoms with Crippen molar-refractivity contribution in [1.82, 2.24) is 5.32 Å². The van der Waals surface area contributed by atoms with Crippen molar-refractivity contribution in [2.24, 2.45) is 16.3 Å². The van der Waals surface area contributed by atoms with Gasteiger partial charge in [-0.05, 0) is 37.6 Å². The molecule has 102 valence electrons. The van der Waals surface area contributed by atoms with Gasteiger partial charge < -0.3 is 21.4 Å². The van der Waals surface area contributed by atoms with Gasteiger partial charge in [0, 0.05) is 19.6 Å². The summed E-state index contributed by atoms with van der Waals surface area (Å²) < 4.78 is 0. The number of rotatable bonds is 10. The van der Waals surface area contributed by atoms with Crippen molar-refractivity contribution in [3.8, 4) is 0 Å². The van der Waals surface area contributed by atoms with E-state index in [0.717, 1.165) is 38.8 Å². The number of oxime groups is 1. The third kappa shape index (κ3) is 10.1. The molecule has 5 nitrogen and oxygen atoms in total. The Kier molecular flexibility index (Phi) is 8.80.